The monoisotopic (exact) mass is 214 g/mol. The van der Waals surface area contributed by atoms with Crippen molar-refractivity contribution in [3.8, 4) is 5.88 Å². The van der Waals surface area contributed by atoms with Crippen LogP contribution in [0.25, 0.3) is 0 Å². The molecule has 0 saturated heterocycles. The van der Waals surface area contributed by atoms with Crippen molar-refractivity contribution < 1.29 is 18.8 Å². The molecule has 0 saturated carbocycles. The molecule has 0 aliphatic heterocycles. The standard InChI is InChI=1S/C9H14N2O4/c1-6(5-13-2)10-9(12)7-4-8(14-3)11-15-7/h4,6H,5H2,1-3H3,(H,10,12). The molecule has 1 aromatic rings. The molecule has 0 aliphatic rings. The molecule has 1 amide bonds. The first-order chi connectivity index (χ1) is 7.17. The van der Waals surface area contributed by atoms with Crippen LogP contribution in [0.3, 0.4) is 0 Å². The Kier molecular flexibility index (Phi) is 4.11. The van der Waals surface area contributed by atoms with Gasteiger partial charge in [0.05, 0.1) is 19.8 Å². The lowest BCUT2D eigenvalue weighted by molar-refractivity contribution is 0.0868. The summed E-state index contributed by atoms with van der Waals surface area (Å²) in [5.74, 6) is 0.0599. The first-order valence-electron chi connectivity index (χ1n) is 4.48. The summed E-state index contributed by atoms with van der Waals surface area (Å²) in [5, 5.41) is 6.20. The maximum atomic E-state index is 11.5. The number of hydrogen-bond acceptors (Lipinski definition) is 5. The molecule has 1 unspecified atom stereocenters. The number of ether oxygens (including phenoxy) is 2. The van der Waals surface area contributed by atoms with Crippen molar-refractivity contribution in [2.24, 2.45) is 0 Å². The molecule has 1 aromatic heterocycles. The average molecular weight is 214 g/mol. The minimum absolute atomic E-state index is 0.0846. The van der Waals surface area contributed by atoms with Gasteiger partial charge in [-0.3, -0.25) is 4.79 Å². The zero-order valence-corrected chi connectivity index (χ0v) is 8.94. The fourth-order valence-electron chi connectivity index (χ4n) is 1.05. The Hall–Kier alpha value is -1.56. The summed E-state index contributed by atoms with van der Waals surface area (Å²) in [6, 6.07) is 1.34. The molecule has 84 valence electrons. The van der Waals surface area contributed by atoms with E-state index in [1.165, 1.54) is 13.2 Å². The predicted octanol–water partition coefficient (Wildman–Crippen LogP) is 0.448. The van der Waals surface area contributed by atoms with Crippen LogP contribution in [-0.2, 0) is 4.74 Å². The van der Waals surface area contributed by atoms with Crippen molar-refractivity contribution in [3.05, 3.63) is 11.8 Å². The van der Waals surface area contributed by atoms with Crippen molar-refractivity contribution in [1.29, 1.82) is 0 Å². The van der Waals surface area contributed by atoms with Gasteiger partial charge < -0.3 is 19.3 Å². The molecular formula is C9H14N2O4. The summed E-state index contributed by atoms with van der Waals surface area (Å²) in [4.78, 5) is 11.5. The van der Waals surface area contributed by atoms with Crippen LogP contribution >= 0.6 is 0 Å². The first kappa shape index (κ1) is 11.5. The SMILES string of the molecule is COCC(C)NC(=O)c1cc(OC)no1. The fourth-order valence-corrected chi connectivity index (χ4v) is 1.05. The molecule has 0 fully saturated rings. The topological polar surface area (TPSA) is 73.6 Å². The van der Waals surface area contributed by atoms with E-state index in [2.05, 4.69) is 10.5 Å². The van der Waals surface area contributed by atoms with Gasteiger partial charge in [-0.1, -0.05) is 0 Å². The number of hydrogen-bond donors (Lipinski definition) is 1. The van der Waals surface area contributed by atoms with Gasteiger partial charge in [-0.15, -0.1) is 0 Å². The van der Waals surface area contributed by atoms with E-state index in [9.17, 15) is 4.79 Å². The van der Waals surface area contributed by atoms with Gasteiger partial charge in [-0.2, -0.15) is 0 Å². The second-order valence-corrected chi connectivity index (χ2v) is 3.06. The highest BCUT2D eigenvalue weighted by molar-refractivity contribution is 5.91. The van der Waals surface area contributed by atoms with Crippen molar-refractivity contribution in [1.82, 2.24) is 10.5 Å². The number of nitrogens with one attached hydrogen (secondary N) is 1. The minimum atomic E-state index is -0.338. The quantitative estimate of drug-likeness (QED) is 0.770. The largest absolute Gasteiger partial charge is 0.479 e. The van der Waals surface area contributed by atoms with Crippen LogP contribution in [0.1, 0.15) is 17.5 Å². The summed E-state index contributed by atoms with van der Waals surface area (Å²) < 4.78 is 14.4. The van der Waals surface area contributed by atoms with Gasteiger partial charge in [-0.25, -0.2) is 0 Å². The summed E-state index contributed by atoms with van der Waals surface area (Å²) in [6.07, 6.45) is 0. The zero-order chi connectivity index (χ0) is 11.3. The van der Waals surface area contributed by atoms with Crippen LogP contribution in [0.4, 0.5) is 0 Å². The van der Waals surface area contributed by atoms with Gasteiger partial charge in [0, 0.05) is 13.2 Å². The molecule has 0 aromatic carbocycles. The van der Waals surface area contributed by atoms with E-state index in [1.54, 1.807) is 7.11 Å². The Labute approximate surface area is 87.5 Å². The first-order valence-corrected chi connectivity index (χ1v) is 4.48. The number of amides is 1. The molecule has 6 heteroatoms. The van der Waals surface area contributed by atoms with E-state index in [0.29, 0.717) is 6.61 Å². The lowest BCUT2D eigenvalue weighted by atomic mass is 10.3. The zero-order valence-electron chi connectivity index (χ0n) is 8.94. The van der Waals surface area contributed by atoms with E-state index in [4.69, 9.17) is 14.0 Å². The highest BCUT2D eigenvalue weighted by Gasteiger charge is 2.15. The molecule has 1 heterocycles. The molecule has 6 nitrogen and oxygen atoms in total. The second-order valence-electron chi connectivity index (χ2n) is 3.06. The van der Waals surface area contributed by atoms with Gasteiger partial charge in [0.2, 0.25) is 5.76 Å². The van der Waals surface area contributed by atoms with Crippen LogP contribution in [0.5, 0.6) is 5.88 Å². The Bertz CT molecular complexity index is 324. The Morgan fingerprint density at radius 2 is 2.40 bits per heavy atom. The highest BCUT2D eigenvalue weighted by atomic mass is 16.5. The van der Waals surface area contributed by atoms with Gasteiger partial charge >= 0.3 is 0 Å². The van der Waals surface area contributed by atoms with E-state index in [0.717, 1.165) is 0 Å². The third kappa shape index (κ3) is 3.25. The molecule has 0 radical (unpaired) electrons. The number of aromatic nitrogens is 1. The average Bonchev–Trinajstić information content (AvgIpc) is 2.66. The van der Waals surface area contributed by atoms with Crippen LogP contribution in [0.15, 0.2) is 10.6 Å². The van der Waals surface area contributed by atoms with Gasteiger partial charge in [0.1, 0.15) is 0 Å². The van der Waals surface area contributed by atoms with Crippen LogP contribution < -0.4 is 10.1 Å². The molecule has 1 atom stereocenters. The molecule has 0 aliphatic carbocycles. The van der Waals surface area contributed by atoms with E-state index in [1.807, 2.05) is 6.92 Å². The third-order valence-corrected chi connectivity index (χ3v) is 1.72. The molecule has 1 N–H and O–H groups in total. The van der Waals surface area contributed by atoms with E-state index in [-0.39, 0.29) is 23.6 Å². The lowest BCUT2D eigenvalue weighted by Gasteiger charge is -2.10. The molecule has 1 rings (SSSR count). The van der Waals surface area contributed by atoms with E-state index >= 15 is 0 Å². The minimum Gasteiger partial charge on any atom is -0.479 e. The third-order valence-electron chi connectivity index (χ3n) is 1.72. The number of nitrogens with zero attached hydrogens (tertiary/aromatic N) is 1. The summed E-state index contributed by atoms with van der Waals surface area (Å²) in [5.41, 5.74) is 0. The van der Waals surface area contributed by atoms with E-state index < -0.39 is 0 Å². The van der Waals surface area contributed by atoms with Crippen molar-refractivity contribution in [2.75, 3.05) is 20.8 Å². The highest BCUT2D eigenvalue weighted by Crippen LogP contribution is 2.10. The predicted molar refractivity (Wildman–Crippen MR) is 51.9 cm³/mol. The summed E-state index contributed by atoms with van der Waals surface area (Å²) in [6.45, 7) is 2.27. The second kappa shape index (κ2) is 5.35. The Morgan fingerprint density at radius 1 is 1.67 bits per heavy atom. The maximum Gasteiger partial charge on any atom is 0.290 e. The number of carbonyl (C=O) groups excluding carboxylic acids is 1. The molecule has 0 bridgehead atoms. The summed E-state index contributed by atoms with van der Waals surface area (Å²) >= 11 is 0. The molecule has 0 spiro atoms. The molecular weight excluding hydrogens is 200 g/mol. The number of rotatable bonds is 5. The number of methoxy groups -OCH3 is 2. The van der Waals surface area contributed by atoms with Crippen molar-refractivity contribution in [3.63, 3.8) is 0 Å². The smallest absolute Gasteiger partial charge is 0.290 e. The Morgan fingerprint density at radius 3 is 2.93 bits per heavy atom. The molecule has 15 heavy (non-hydrogen) atoms. The van der Waals surface area contributed by atoms with Crippen LogP contribution in [0, 0.1) is 0 Å². The van der Waals surface area contributed by atoms with Crippen LogP contribution in [-0.4, -0.2) is 37.9 Å². The van der Waals surface area contributed by atoms with Crippen molar-refractivity contribution >= 4 is 5.91 Å². The van der Waals surface area contributed by atoms with Gasteiger partial charge in [-0.05, 0) is 12.1 Å². The van der Waals surface area contributed by atoms with Gasteiger partial charge in [0.25, 0.3) is 11.8 Å². The van der Waals surface area contributed by atoms with Crippen LogP contribution in [0.2, 0.25) is 0 Å². The fraction of sp³-hybridized carbons (Fsp3) is 0.556. The van der Waals surface area contributed by atoms with Gasteiger partial charge in [0.15, 0.2) is 0 Å². The normalized spacial score (nSPS) is 12.2. The number of carbonyl (C=O) groups is 1. The Balaban J connectivity index is 2.53. The lowest BCUT2D eigenvalue weighted by Crippen LogP contribution is -2.35. The van der Waals surface area contributed by atoms with Crippen molar-refractivity contribution in [2.45, 2.75) is 13.0 Å². The summed E-state index contributed by atoms with van der Waals surface area (Å²) in [7, 11) is 3.02. The maximum absolute atomic E-state index is 11.5.